The average Bonchev–Trinajstić information content (AvgIpc) is 2.41. The van der Waals surface area contributed by atoms with Gasteiger partial charge in [-0.05, 0) is 31.2 Å². The van der Waals surface area contributed by atoms with E-state index in [1.54, 1.807) is 36.2 Å². The average molecular weight is 275 g/mol. The Kier molecular flexibility index (Phi) is 4.13. The van der Waals surface area contributed by atoms with E-state index in [4.69, 9.17) is 0 Å². The lowest BCUT2D eigenvalue weighted by atomic mass is 10.1. The van der Waals surface area contributed by atoms with Crippen LogP contribution >= 0.6 is 0 Å². The summed E-state index contributed by atoms with van der Waals surface area (Å²) < 4.78 is 27.5. The lowest BCUT2D eigenvalue weighted by Gasteiger charge is -2.20. The molecule has 0 aliphatic heterocycles. The zero-order valence-corrected chi connectivity index (χ0v) is 11.4. The van der Waals surface area contributed by atoms with E-state index in [2.05, 4.69) is 0 Å². The zero-order chi connectivity index (χ0) is 14.7. The number of Topliss-reactive ketones (excluding diaryl/α,β-unsaturated/α-hetero) is 1. The Morgan fingerprint density at radius 3 is 2.40 bits per heavy atom. The van der Waals surface area contributed by atoms with E-state index in [1.165, 1.54) is 25.1 Å². The fraction of sp³-hybridized carbons (Fsp3) is 0.188. The van der Waals surface area contributed by atoms with E-state index in [0.717, 1.165) is 0 Å². The molecule has 0 saturated heterocycles. The van der Waals surface area contributed by atoms with Gasteiger partial charge in [0, 0.05) is 24.7 Å². The zero-order valence-electron chi connectivity index (χ0n) is 11.4. The molecule has 0 fully saturated rings. The van der Waals surface area contributed by atoms with Gasteiger partial charge in [-0.25, -0.2) is 8.78 Å². The minimum absolute atomic E-state index is 0.188. The van der Waals surface area contributed by atoms with Crippen molar-refractivity contribution in [1.29, 1.82) is 0 Å². The Hall–Kier alpha value is -2.23. The first-order chi connectivity index (χ1) is 9.49. The molecule has 0 aliphatic rings. The monoisotopic (exact) mass is 275 g/mol. The van der Waals surface area contributed by atoms with Crippen LogP contribution in [0.5, 0.6) is 0 Å². The maximum Gasteiger partial charge on any atom is 0.159 e. The van der Waals surface area contributed by atoms with Crippen LogP contribution in [0.2, 0.25) is 0 Å². The fourth-order valence-corrected chi connectivity index (χ4v) is 2.00. The second-order valence-electron chi connectivity index (χ2n) is 4.67. The van der Waals surface area contributed by atoms with Crippen LogP contribution in [0.3, 0.4) is 0 Å². The van der Waals surface area contributed by atoms with Crippen molar-refractivity contribution in [1.82, 2.24) is 0 Å². The SMILES string of the molecule is CC(=O)c1ccc(N(C)Cc2ccccc2F)c(F)c1. The standard InChI is InChI=1S/C16H15F2NO/c1-11(20)12-7-8-16(15(18)9-12)19(2)10-13-5-3-4-6-14(13)17/h3-9H,10H2,1-2H3. The summed E-state index contributed by atoms with van der Waals surface area (Å²) in [5.41, 5.74) is 1.15. The van der Waals surface area contributed by atoms with Crippen LogP contribution in [0.1, 0.15) is 22.8 Å². The van der Waals surface area contributed by atoms with E-state index >= 15 is 0 Å². The lowest BCUT2D eigenvalue weighted by molar-refractivity contribution is 0.101. The highest BCUT2D eigenvalue weighted by Gasteiger charge is 2.12. The first-order valence-corrected chi connectivity index (χ1v) is 6.24. The van der Waals surface area contributed by atoms with Gasteiger partial charge in [0.1, 0.15) is 11.6 Å². The number of carbonyl (C=O) groups excluding carboxylic acids is 1. The van der Waals surface area contributed by atoms with Crippen molar-refractivity contribution in [3.63, 3.8) is 0 Å². The number of ketones is 1. The molecular weight excluding hydrogens is 260 g/mol. The van der Waals surface area contributed by atoms with E-state index in [-0.39, 0.29) is 18.1 Å². The Morgan fingerprint density at radius 1 is 1.10 bits per heavy atom. The molecule has 0 heterocycles. The number of nitrogens with zero attached hydrogens (tertiary/aromatic N) is 1. The normalized spacial score (nSPS) is 10.4. The van der Waals surface area contributed by atoms with Crippen LogP contribution in [0.4, 0.5) is 14.5 Å². The molecule has 2 aromatic carbocycles. The number of hydrogen-bond donors (Lipinski definition) is 0. The van der Waals surface area contributed by atoms with Crippen LogP contribution in [-0.2, 0) is 6.54 Å². The van der Waals surface area contributed by atoms with Crippen LogP contribution in [0, 0.1) is 11.6 Å². The minimum Gasteiger partial charge on any atom is -0.368 e. The molecule has 0 atom stereocenters. The number of anilines is 1. The van der Waals surface area contributed by atoms with Crippen LogP contribution in [-0.4, -0.2) is 12.8 Å². The molecule has 2 nitrogen and oxygen atoms in total. The van der Waals surface area contributed by atoms with Crippen molar-refractivity contribution in [2.45, 2.75) is 13.5 Å². The molecule has 0 saturated carbocycles. The van der Waals surface area contributed by atoms with Gasteiger partial charge in [0.25, 0.3) is 0 Å². The molecule has 0 aromatic heterocycles. The highest BCUT2D eigenvalue weighted by atomic mass is 19.1. The van der Waals surface area contributed by atoms with Crippen molar-refractivity contribution in [3.8, 4) is 0 Å². The van der Waals surface area contributed by atoms with E-state index in [0.29, 0.717) is 16.8 Å². The summed E-state index contributed by atoms with van der Waals surface area (Å²) in [6.45, 7) is 1.64. The predicted molar refractivity (Wildman–Crippen MR) is 74.9 cm³/mol. The Labute approximate surface area is 116 Å². The summed E-state index contributed by atoms with van der Waals surface area (Å²) in [6, 6.07) is 10.7. The van der Waals surface area contributed by atoms with Crippen molar-refractivity contribution in [2.75, 3.05) is 11.9 Å². The first-order valence-electron chi connectivity index (χ1n) is 6.24. The quantitative estimate of drug-likeness (QED) is 0.791. The maximum atomic E-state index is 14.0. The number of hydrogen-bond acceptors (Lipinski definition) is 2. The van der Waals surface area contributed by atoms with Crippen LogP contribution < -0.4 is 4.90 Å². The van der Waals surface area contributed by atoms with Gasteiger partial charge in [-0.15, -0.1) is 0 Å². The first kappa shape index (κ1) is 14.2. The van der Waals surface area contributed by atoms with Gasteiger partial charge in [0.2, 0.25) is 0 Å². The number of carbonyl (C=O) groups is 1. The number of benzene rings is 2. The Balaban J connectivity index is 2.23. The highest BCUT2D eigenvalue weighted by Crippen LogP contribution is 2.22. The Morgan fingerprint density at radius 2 is 1.80 bits per heavy atom. The van der Waals surface area contributed by atoms with Gasteiger partial charge < -0.3 is 4.90 Å². The third-order valence-electron chi connectivity index (χ3n) is 3.13. The largest absolute Gasteiger partial charge is 0.368 e. The lowest BCUT2D eigenvalue weighted by Crippen LogP contribution is -2.18. The molecule has 0 amide bonds. The molecule has 104 valence electrons. The second-order valence-corrected chi connectivity index (χ2v) is 4.67. The molecule has 4 heteroatoms. The maximum absolute atomic E-state index is 14.0. The molecule has 0 aliphatic carbocycles. The van der Waals surface area contributed by atoms with Crippen molar-refractivity contribution in [2.24, 2.45) is 0 Å². The fourth-order valence-electron chi connectivity index (χ4n) is 2.00. The highest BCUT2D eigenvalue weighted by molar-refractivity contribution is 5.94. The molecule has 0 bridgehead atoms. The van der Waals surface area contributed by atoms with Crippen LogP contribution in [0.25, 0.3) is 0 Å². The van der Waals surface area contributed by atoms with E-state index in [9.17, 15) is 13.6 Å². The molecule has 0 radical (unpaired) electrons. The van der Waals surface area contributed by atoms with Crippen molar-refractivity contribution < 1.29 is 13.6 Å². The third kappa shape index (κ3) is 3.02. The molecule has 0 unspecified atom stereocenters. The van der Waals surface area contributed by atoms with Gasteiger partial charge >= 0.3 is 0 Å². The van der Waals surface area contributed by atoms with Gasteiger partial charge in [-0.1, -0.05) is 18.2 Å². The molecule has 2 rings (SSSR count). The third-order valence-corrected chi connectivity index (χ3v) is 3.13. The Bertz CT molecular complexity index is 640. The number of halogens is 2. The molecular formula is C16H15F2NO. The van der Waals surface area contributed by atoms with Crippen LogP contribution in [0.15, 0.2) is 42.5 Å². The smallest absolute Gasteiger partial charge is 0.159 e. The van der Waals surface area contributed by atoms with Gasteiger partial charge in [-0.2, -0.15) is 0 Å². The minimum atomic E-state index is -0.489. The molecule has 0 spiro atoms. The summed E-state index contributed by atoms with van der Waals surface area (Å²) in [7, 11) is 1.68. The predicted octanol–water partition coefficient (Wildman–Crippen LogP) is 3.80. The summed E-state index contributed by atoms with van der Waals surface area (Å²) in [4.78, 5) is 12.8. The molecule has 2 aromatic rings. The topological polar surface area (TPSA) is 20.3 Å². The van der Waals surface area contributed by atoms with Gasteiger partial charge in [-0.3, -0.25) is 4.79 Å². The van der Waals surface area contributed by atoms with Gasteiger partial charge in [0.15, 0.2) is 5.78 Å². The summed E-state index contributed by atoms with van der Waals surface area (Å²) >= 11 is 0. The van der Waals surface area contributed by atoms with E-state index < -0.39 is 5.82 Å². The van der Waals surface area contributed by atoms with Crippen molar-refractivity contribution in [3.05, 3.63) is 65.2 Å². The van der Waals surface area contributed by atoms with E-state index in [1.807, 2.05) is 0 Å². The van der Waals surface area contributed by atoms with Crippen molar-refractivity contribution >= 4 is 11.5 Å². The number of rotatable bonds is 4. The second kappa shape index (κ2) is 5.82. The van der Waals surface area contributed by atoms with Gasteiger partial charge in [0.05, 0.1) is 5.69 Å². The summed E-state index contributed by atoms with van der Waals surface area (Å²) in [6.07, 6.45) is 0. The molecule has 0 N–H and O–H groups in total. The summed E-state index contributed by atoms with van der Waals surface area (Å²) in [5.74, 6) is -0.996. The summed E-state index contributed by atoms with van der Waals surface area (Å²) in [5, 5.41) is 0. The molecule has 20 heavy (non-hydrogen) atoms.